The number of hydrogen-bond acceptors (Lipinski definition) is 1. The molecule has 2 heteroatoms. The third kappa shape index (κ3) is 2.11. The number of hydrogen-bond donors (Lipinski definition) is 1. The molecular formula is C18H18BrN. The second kappa shape index (κ2) is 5.01. The fraction of sp³-hybridized carbons (Fsp3) is 0.333. The first-order chi connectivity index (χ1) is 9.81. The van der Waals surface area contributed by atoms with E-state index < -0.39 is 0 Å². The van der Waals surface area contributed by atoms with Crippen LogP contribution < -0.4 is 5.32 Å². The Labute approximate surface area is 128 Å². The minimum atomic E-state index is 0.529. The molecule has 2 aliphatic carbocycles. The SMILES string of the molecule is Brc1cccc2c1CCC2NC1Cc2ccccc2C1. The highest BCUT2D eigenvalue weighted by Gasteiger charge is 2.28. The van der Waals surface area contributed by atoms with E-state index in [0.717, 1.165) is 0 Å². The predicted octanol–water partition coefficient (Wildman–Crippen LogP) is 4.19. The van der Waals surface area contributed by atoms with Gasteiger partial charge in [-0.25, -0.2) is 0 Å². The third-order valence-electron chi connectivity index (χ3n) is 4.70. The summed E-state index contributed by atoms with van der Waals surface area (Å²) in [6, 6.07) is 16.6. The molecule has 0 aromatic heterocycles. The zero-order valence-electron chi connectivity index (χ0n) is 11.4. The summed E-state index contributed by atoms with van der Waals surface area (Å²) in [6.45, 7) is 0. The first-order valence-corrected chi connectivity index (χ1v) is 8.20. The van der Waals surface area contributed by atoms with Gasteiger partial charge in [0, 0.05) is 16.6 Å². The summed E-state index contributed by atoms with van der Waals surface area (Å²) in [5, 5.41) is 3.89. The number of fused-ring (bicyclic) bond motifs is 2. The molecule has 102 valence electrons. The minimum absolute atomic E-state index is 0.529. The summed E-state index contributed by atoms with van der Waals surface area (Å²) < 4.78 is 1.27. The standard InChI is InChI=1S/C18H18BrN/c19-17-7-3-6-16-15(17)8-9-18(16)20-14-10-12-4-1-2-5-13(12)11-14/h1-7,14,18,20H,8-11H2. The molecule has 0 fully saturated rings. The molecule has 0 bridgehead atoms. The molecule has 0 amide bonds. The molecule has 2 aromatic carbocycles. The van der Waals surface area contributed by atoms with Crippen molar-refractivity contribution in [1.29, 1.82) is 0 Å². The first-order valence-electron chi connectivity index (χ1n) is 7.41. The number of halogens is 1. The Morgan fingerprint density at radius 3 is 2.45 bits per heavy atom. The van der Waals surface area contributed by atoms with Crippen LogP contribution in [0.3, 0.4) is 0 Å². The van der Waals surface area contributed by atoms with Crippen LogP contribution >= 0.6 is 15.9 Å². The first kappa shape index (κ1) is 12.6. The van der Waals surface area contributed by atoms with Crippen molar-refractivity contribution in [3.63, 3.8) is 0 Å². The summed E-state index contributed by atoms with van der Waals surface area (Å²) in [5.41, 5.74) is 6.05. The topological polar surface area (TPSA) is 12.0 Å². The summed E-state index contributed by atoms with van der Waals surface area (Å²) in [6.07, 6.45) is 4.77. The monoisotopic (exact) mass is 327 g/mol. The molecule has 0 saturated carbocycles. The Balaban J connectivity index is 1.52. The maximum atomic E-state index is 3.89. The van der Waals surface area contributed by atoms with E-state index in [1.54, 1.807) is 0 Å². The Kier molecular flexibility index (Phi) is 3.16. The number of nitrogens with one attached hydrogen (secondary N) is 1. The lowest BCUT2D eigenvalue weighted by molar-refractivity contribution is 0.443. The van der Waals surface area contributed by atoms with Crippen molar-refractivity contribution in [2.75, 3.05) is 0 Å². The molecule has 0 radical (unpaired) electrons. The summed E-state index contributed by atoms with van der Waals surface area (Å²) in [5.74, 6) is 0. The number of benzene rings is 2. The highest BCUT2D eigenvalue weighted by atomic mass is 79.9. The smallest absolute Gasteiger partial charge is 0.0329 e. The fourth-order valence-electron chi connectivity index (χ4n) is 3.74. The zero-order chi connectivity index (χ0) is 13.5. The van der Waals surface area contributed by atoms with E-state index in [1.807, 2.05) is 0 Å². The van der Waals surface area contributed by atoms with Gasteiger partial charge in [-0.3, -0.25) is 0 Å². The van der Waals surface area contributed by atoms with Crippen LogP contribution in [0.2, 0.25) is 0 Å². The van der Waals surface area contributed by atoms with Crippen molar-refractivity contribution in [1.82, 2.24) is 5.32 Å². The van der Waals surface area contributed by atoms with Gasteiger partial charge in [-0.15, -0.1) is 0 Å². The highest BCUT2D eigenvalue weighted by Crippen LogP contribution is 2.36. The van der Waals surface area contributed by atoms with Crippen molar-refractivity contribution in [2.24, 2.45) is 0 Å². The van der Waals surface area contributed by atoms with Gasteiger partial charge in [0.2, 0.25) is 0 Å². The van der Waals surface area contributed by atoms with Crippen molar-refractivity contribution >= 4 is 15.9 Å². The third-order valence-corrected chi connectivity index (χ3v) is 5.44. The van der Waals surface area contributed by atoms with Gasteiger partial charge in [-0.1, -0.05) is 52.3 Å². The van der Waals surface area contributed by atoms with E-state index in [4.69, 9.17) is 0 Å². The summed E-state index contributed by atoms with van der Waals surface area (Å²) in [7, 11) is 0. The second-order valence-electron chi connectivity index (χ2n) is 5.94. The van der Waals surface area contributed by atoms with Gasteiger partial charge in [-0.05, 0) is 54.0 Å². The largest absolute Gasteiger partial charge is 0.306 e. The molecule has 1 nitrogen and oxygen atoms in total. The highest BCUT2D eigenvalue weighted by molar-refractivity contribution is 9.10. The van der Waals surface area contributed by atoms with Crippen LogP contribution in [0.4, 0.5) is 0 Å². The average Bonchev–Trinajstić information content (AvgIpc) is 3.04. The minimum Gasteiger partial charge on any atom is -0.306 e. The summed E-state index contributed by atoms with van der Waals surface area (Å²) >= 11 is 3.68. The lowest BCUT2D eigenvalue weighted by atomic mass is 10.1. The molecule has 2 aromatic rings. The second-order valence-corrected chi connectivity index (χ2v) is 6.79. The lowest BCUT2D eigenvalue weighted by Crippen LogP contribution is -2.32. The Morgan fingerprint density at radius 2 is 1.70 bits per heavy atom. The molecule has 20 heavy (non-hydrogen) atoms. The van der Waals surface area contributed by atoms with E-state index in [9.17, 15) is 0 Å². The predicted molar refractivity (Wildman–Crippen MR) is 86.0 cm³/mol. The molecule has 1 atom stereocenters. The van der Waals surface area contributed by atoms with E-state index in [2.05, 4.69) is 63.7 Å². The van der Waals surface area contributed by atoms with Crippen LogP contribution in [0.15, 0.2) is 46.9 Å². The van der Waals surface area contributed by atoms with Gasteiger partial charge in [0.1, 0.15) is 0 Å². The molecule has 0 heterocycles. The van der Waals surface area contributed by atoms with Gasteiger partial charge < -0.3 is 5.32 Å². The molecule has 0 aliphatic heterocycles. The molecule has 1 N–H and O–H groups in total. The van der Waals surface area contributed by atoms with Crippen LogP contribution in [-0.2, 0) is 19.3 Å². The molecule has 4 rings (SSSR count). The van der Waals surface area contributed by atoms with E-state index in [1.165, 1.54) is 52.4 Å². The van der Waals surface area contributed by atoms with Crippen molar-refractivity contribution < 1.29 is 0 Å². The molecule has 1 unspecified atom stereocenters. The quantitative estimate of drug-likeness (QED) is 0.871. The lowest BCUT2D eigenvalue weighted by Gasteiger charge is -2.19. The molecule has 2 aliphatic rings. The van der Waals surface area contributed by atoms with Crippen LogP contribution in [0.25, 0.3) is 0 Å². The van der Waals surface area contributed by atoms with Gasteiger partial charge in [0.25, 0.3) is 0 Å². The maximum Gasteiger partial charge on any atom is 0.0329 e. The molecular weight excluding hydrogens is 310 g/mol. The van der Waals surface area contributed by atoms with E-state index in [0.29, 0.717) is 12.1 Å². The fourth-order valence-corrected chi connectivity index (χ4v) is 4.32. The molecule has 0 saturated heterocycles. The Bertz CT molecular complexity index is 625. The van der Waals surface area contributed by atoms with Crippen molar-refractivity contribution in [3.8, 4) is 0 Å². The molecule has 0 spiro atoms. The average molecular weight is 328 g/mol. The Morgan fingerprint density at radius 1 is 0.950 bits per heavy atom. The maximum absolute atomic E-state index is 3.89. The van der Waals surface area contributed by atoms with Gasteiger partial charge in [0.05, 0.1) is 0 Å². The van der Waals surface area contributed by atoms with Crippen molar-refractivity contribution in [3.05, 3.63) is 69.2 Å². The van der Waals surface area contributed by atoms with Gasteiger partial charge >= 0.3 is 0 Å². The van der Waals surface area contributed by atoms with Gasteiger partial charge in [-0.2, -0.15) is 0 Å². The van der Waals surface area contributed by atoms with Crippen LogP contribution in [-0.4, -0.2) is 6.04 Å². The van der Waals surface area contributed by atoms with Crippen LogP contribution in [0, 0.1) is 0 Å². The van der Waals surface area contributed by atoms with Gasteiger partial charge in [0.15, 0.2) is 0 Å². The van der Waals surface area contributed by atoms with Crippen LogP contribution in [0.5, 0.6) is 0 Å². The zero-order valence-corrected chi connectivity index (χ0v) is 13.0. The van der Waals surface area contributed by atoms with E-state index >= 15 is 0 Å². The Hall–Kier alpha value is -1.12. The van der Waals surface area contributed by atoms with Crippen LogP contribution in [0.1, 0.15) is 34.7 Å². The summed E-state index contributed by atoms with van der Waals surface area (Å²) in [4.78, 5) is 0. The normalized spacial score (nSPS) is 20.9. The van der Waals surface area contributed by atoms with Crippen molar-refractivity contribution in [2.45, 2.75) is 37.8 Å². The number of rotatable bonds is 2. The van der Waals surface area contributed by atoms with E-state index in [-0.39, 0.29) is 0 Å².